The Bertz CT molecular complexity index is 1930. The Morgan fingerprint density at radius 3 is 2.38 bits per heavy atom. The van der Waals surface area contributed by atoms with Crippen LogP contribution in [0, 0.1) is 6.92 Å². The van der Waals surface area contributed by atoms with Crippen molar-refractivity contribution in [1.29, 1.82) is 0 Å². The van der Waals surface area contributed by atoms with Gasteiger partial charge in [-0.1, -0.05) is 54.6 Å². The Hall–Kier alpha value is -4.88. The second kappa shape index (κ2) is 11.2. The zero-order chi connectivity index (χ0) is 29.4. The van der Waals surface area contributed by atoms with Gasteiger partial charge in [0.1, 0.15) is 17.5 Å². The third-order valence-electron chi connectivity index (χ3n) is 7.52. The number of aromatic nitrogens is 1. The van der Waals surface area contributed by atoms with Gasteiger partial charge in [-0.25, -0.2) is 10.3 Å². The van der Waals surface area contributed by atoms with E-state index in [1.165, 1.54) is 6.26 Å². The summed E-state index contributed by atoms with van der Waals surface area (Å²) in [6.45, 7) is 8.53. The Labute approximate surface area is 243 Å². The fraction of sp³-hybridized carbons (Fsp3) is 0.200. The number of hydrogen-bond acceptors (Lipinski definition) is 6. The number of nitrogens with zero attached hydrogens (tertiary/aromatic N) is 1. The van der Waals surface area contributed by atoms with Crippen molar-refractivity contribution in [3.8, 4) is 0 Å². The van der Waals surface area contributed by atoms with Gasteiger partial charge in [0.05, 0.1) is 17.0 Å². The third kappa shape index (κ3) is 4.82. The lowest BCUT2D eigenvalue weighted by atomic mass is 9.97. The smallest absolute Gasteiger partial charge is 0.365 e. The molecule has 1 atom stereocenters. The molecule has 0 aliphatic rings. The van der Waals surface area contributed by atoms with Crippen LogP contribution in [0.3, 0.4) is 0 Å². The van der Waals surface area contributed by atoms with Crippen LogP contribution in [0.5, 0.6) is 0 Å². The maximum absolute atomic E-state index is 13.5. The molecular formula is C35H32N2O5. The lowest BCUT2D eigenvalue weighted by Crippen LogP contribution is -2.24. The molecule has 0 aliphatic carbocycles. The molecule has 0 spiro atoms. The van der Waals surface area contributed by atoms with Crippen LogP contribution in [0.25, 0.3) is 32.8 Å². The van der Waals surface area contributed by atoms with E-state index in [4.69, 9.17) is 14.0 Å². The second-order valence-electron chi connectivity index (χ2n) is 10.6. The van der Waals surface area contributed by atoms with Crippen molar-refractivity contribution < 1.29 is 23.6 Å². The van der Waals surface area contributed by atoms with E-state index in [1.807, 2.05) is 106 Å². The molecule has 1 unspecified atom stereocenters. The summed E-state index contributed by atoms with van der Waals surface area (Å²) in [6, 6.07) is 26.7. The number of carbonyl (C=O) groups excluding carboxylic acids is 2. The molecule has 0 bridgehead atoms. The first-order valence-electron chi connectivity index (χ1n) is 14.1. The van der Waals surface area contributed by atoms with E-state index in [-0.39, 0.29) is 11.9 Å². The number of ketones is 1. The molecule has 2 heterocycles. The lowest BCUT2D eigenvalue weighted by Gasteiger charge is -2.19. The minimum absolute atomic E-state index is 0.0233. The Morgan fingerprint density at radius 2 is 1.64 bits per heavy atom. The SMILES string of the molecule is CCn1c2ccc(C(=O)c3ccccc3C)cc2c2c3occ(NOC(=O)C(OC(C)C)c4ccccc4)c3ccc21. The van der Waals surface area contributed by atoms with Gasteiger partial charge in [-0.2, -0.15) is 0 Å². The quantitative estimate of drug-likeness (QED) is 0.142. The van der Waals surface area contributed by atoms with E-state index >= 15 is 0 Å². The monoisotopic (exact) mass is 560 g/mol. The molecule has 1 N–H and O–H groups in total. The van der Waals surface area contributed by atoms with Crippen LogP contribution in [-0.4, -0.2) is 22.4 Å². The summed E-state index contributed by atoms with van der Waals surface area (Å²) in [7, 11) is 0. The van der Waals surface area contributed by atoms with Crippen molar-refractivity contribution in [2.24, 2.45) is 0 Å². The number of aryl methyl sites for hydroxylation is 2. The van der Waals surface area contributed by atoms with Crippen LogP contribution in [0.15, 0.2) is 95.6 Å². The second-order valence-corrected chi connectivity index (χ2v) is 10.6. The normalized spacial score (nSPS) is 12.3. The van der Waals surface area contributed by atoms with Gasteiger partial charge >= 0.3 is 5.97 Å². The molecule has 0 fully saturated rings. The highest BCUT2D eigenvalue weighted by Crippen LogP contribution is 2.39. The van der Waals surface area contributed by atoms with E-state index in [0.29, 0.717) is 28.0 Å². The van der Waals surface area contributed by atoms with Crippen molar-refractivity contribution >= 4 is 50.2 Å². The summed E-state index contributed by atoms with van der Waals surface area (Å²) in [4.78, 5) is 32.1. The summed E-state index contributed by atoms with van der Waals surface area (Å²) in [5.74, 6) is -0.586. The van der Waals surface area contributed by atoms with Gasteiger partial charge in [-0.3, -0.25) is 4.79 Å². The summed E-state index contributed by atoms with van der Waals surface area (Å²) in [6.07, 6.45) is 0.481. The number of fused-ring (bicyclic) bond motifs is 5. The molecule has 6 aromatic rings. The van der Waals surface area contributed by atoms with Gasteiger partial charge in [-0.15, -0.1) is 0 Å². The lowest BCUT2D eigenvalue weighted by molar-refractivity contribution is -0.157. The van der Waals surface area contributed by atoms with Crippen LogP contribution in [0.2, 0.25) is 0 Å². The number of rotatable bonds is 9. The van der Waals surface area contributed by atoms with Gasteiger partial charge < -0.3 is 18.6 Å². The van der Waals surface area contributed by atoms with Gasteiger partial charge in [0.2, 0.25) is 0 Å². The van der Waals surface area contributed by atoms with E-state index in [2.05, 4.69) is 17.0 Å². The van der Waals surface area contributed by atoms with Crippen molar-refractivity contribution in [3.63, 3.8) is 0 Å². The maximum atomic E-state index is 13.5. The molecule has 7 nitrogen and oxygen atoms in total. The number of nitrogens with one attached hydrogen (secondary N) is 1. The highest BCUT2D eigenvalue weighted by molar-refractivity contribution is 6.22. The fourth-order valence-electron chi connectivity index (χ4n) is 5.55. The molecule has 42 heavy (non-hydrogen) atoms. The number of anilines is 1. The average Bonchev–Trinajstić information content (AvgIpc) is 3.56. The molecular weight excluding hydrogens is 528 g/mol. The van der Waals surface area contributed by atoms with Gasteiger partial charge in [-0.05, 0) is 69.2 Å². The average molecular weight is 561 g/mol. The van der Waals surface area contributed by atoms with Crippen molar-refractivity contribution in [3.05, 3.63) is 113 Å². The molecule has 4 aromatic carbocycles. The number of benzene rings is 4. The molecule has 0 saturated heterocycles. The standard InChI is InChI=1S/C35H32N2O5/c1-5-37-29-17-15-24(32(38)25-14-10-9-11-22(25)4)19-27(29)31-30(37)18-16-26-28(20-40-34(26)31)36-42-35(39)33(41-21(2)3)23-12-7-6-8-13-23/h6-21,33,36H,5H2,1-4H3. The van der Waals surface area contributed by atoms with Crippen LogP contribution in [-0.2, 0) is 20.9 Å². The zero-order valence-corrected chi connectivity index (χ0v) is 24.0. The molecule has 0 amide bonds. The molecule has 0 saturated carbocycles. The van der Waals surface area contributed by atoms with Gasteiger partial charge in [0.25, 0.3) is 0 Å². The van der Waals surface area contributed by atoms with Crippen molar-refractivity contribution in [2.75, 3.05) is 5.48 Å². The predicted octanol–water partition coefficient (Wildman–Crippen LogP) is 8.14. The number of furan rings is 1. The Morgan fingerprint density at radius 1 is 0.905 bits per heavy atom. The van der Waals surface area contributed by atoms with Gasteiger partial charge in [0.15, 0.2) is 11.9 Å². The molecule has 212 valence electrons. The first kappa shape index (κ1) is 27.3. The Balaban J connectivity index is 1.38. The largest absolute Gasteiger partial charge is 0.461 e. The van der Waals surface area contributed by atoms with Crippen LogP contribution < -0.4 is 5.48 Å². The highest BCUT2D eigenvalue weighted by Gasteiger charge is 2.26. The summed E-state index contributed by atoms with van der Waals surface area (Å²) < 4.78 is 14.2. The molecule has 7 heteroatoms. The Kier molecular flexibility index (Phi) is 7.27. The highest BCUT2D eigenvalue weighted by atomic mass is 16.7. The molecule has 2 aromatic heterocycles. The van der Waals surface area contributed by atoms with Crippen molar-refractivity contribution in [2.45, 2.75) is 46.4 Å². The van der Waals surface area contributed by atoms with Crippen LogP contribution in [0.1, 0.15) is 53.9 Å². The van der Waals surface area contributed by atoms with Crippen LogP contribution in [0.4, 0.5) is 5.69 Å². The van der Waals surface area contributed by atoms with Gasteiger partial charge in [0, 0.05) is 34.0 Å². The van der Waals surface area contributed by atoms with E-state index < -0.39 is 12.1 Å². The summed E-state index contributed by atoms with van der Waals surface area (Å²) in [5, 5.41) is 2.57. The predicted molar refractivity (Wildman–Crippen MR) is 165 cm³/mol. The van der Waals surface area contributed by atoms with Crippen molar-refractivity contribution in [1.82, 2.24) is 4.57 Å². The van der Waals surface area contributed by atoms with E-state index in [1.54, 1.807) is 0 Å². The third-order valence-corrected chi connectivity index (χ3v) is 7.52. The molecule has 0 aliphatic heterocycles. The number of hydrogen-bond donors (Lipinski definition) is 1. The number of ether oxygens (including phenoxy) is 1. The topological polar surface area (TPSA) is 82.7 Å². The number of carbonyl (C=O) groups is 2. The minimum atomic E-state index is -0.879. The molecule has 0 radical (unpaired) electrons. The first-order valence-corrected chi connectivity index (χ1v) is 14.1. The summed E-state index contributed by atoms with van der Waals surface area (Å²) in [5.41, 5.74) is 8.89. The summed E-state index contributed by atoms with van der Waals surface area (Å²) >= 11 is 0. The van der Waals surface area contributed by atoms with E-state index in [0.717, 1.165) is 39.3 Å². The minimum Gasteiger partial charge on any atom is -0.461 e. The zero-order valence-electron chi connectivity index (χ0n) is 24.0. The van der Waals surface area contributed by atoms with Crippen LogP contribution >= 0.6 is 0 Å². The first-order chi connectivity index (χ1) is 20.4. The van der Waals surface area contributed by atoms with E-state index in [9.17, 15) is 9.59 Å². The molecule has 6 rings (SSSR count). The fourth-order valence-corrected chi connectivity index (χ4v) is 5.55. The maximum Gasteiger partial charge on any atom is 0.365 e.